The number of rotatable bonds is 2. The predicted octanol–water partition coefficient (Wildman–Crippen LogP) is 2.35. The van der Waals surface area contributed by atoms with Crippen molar-refractivity contribution in [1.82, 2.24) is 10.2 Å². The molecule has 0 aromatic rings. The van der Waals surface area contributed by atoms with Crippen molar-refractivity contribution in [3.05, 3.63) is 0 Å². The Morgan fingerprint density at radius 1 is 1.12 bits per heavy atom. The number of hydrogen-bond acceptors (Lipinski definition) is 2. The summed E-state index contributed by atoms with van der Waals surface area (Å²) in [6.07, 6.45) is 4.13. The fourth-order valence-electron chi connectivity index (χ4n) is 3.65. The minimum absolute atomic E-state index is 0.571. The van der Waals surface area contributed by atoms with Crippen molar-refractivity contribution >= 4 is 0 Å². The van der Waals surface area contributed by atoms with Crippen LogP contribution in [0.2, 0.25) is 0 Å². The highest BCUT2D eigenvalue weighted by atomic mass is 15.1. The SMILES string of the molecule is CC1CC(C)CN(CC2(C)CCNCC2)C1. The Morgan fingerprint density at radius 3 is 2.25 bits per heavy atom. The van der Waals surface area contributed by atoms with Crippen LogP contribution in [-0.2, 0) is 0 Å². The number of likely N-dealkylation sites (tertiary alicyclic amines) is 1. The second-order valence-corrected chi connectivity index (χ2v) is 6.70. The van der Waals surface area contributed by atoms with Crippen LogP contribution in [0.4, 0.5) is 0 Å². The number of nitrogens with one attached hydrogen (secondary N) is 1. The summed E-state index contributed by atoms with van der Waals surface area (Å²) in [6, 6.07) is 0. The van der Waals surface area contributed by atoms with Crippen LogP contribution in [0.25, 0.3) is 0 Å². The molecular formula is C14H28N2. The van der Waals surface area contributed by atoms with Crippen molar-refractivity contribution in [1.29, 1.82) is 0 Å². The lowest BCUT2D eigenvalue weighted by Gasteiger charge is -2.42. The van der Waals surface area contributed by atoms with Crippen molar-refractivity contribution in [2.24, 2.45) is 17.3 Å². The average molecular weight is 224 g/mol. The second-order valence-electron chi connectivity index (χ2n) is 6.70. The van der Waals surface area contributed by atoms with Gasteiger partial charge in [0.15, 0.2) is 0 Å². The largest absolute Gasteiger partial charge is 0.317 e. The average Bonchev–Trinajstić information content (AvgIpc) is 2.15. The van der Waals surface area contributed by atoms with Gasteiger partial charge in [-0.15, -0.1) is 0 Å². The molecule has 2 atom stereocenters. The van der Waals surface area contributed by atoms with Gasteiger partial charge in [-0.25, -0.2) is 0 Å². The Kier molecular flexibility index (Phi) is 3.91. The van der Waals surface area contributed by atoms with Gasteiger partial charge in [0, 0.05) is 19.6 Å². The number of piperidine rings is 2. The highest BCUT2D eigenvalue weighted by Gasteiger charge is 2.31. The molecule has 2 rings (SSSR count). The van der Waals surface area contributed by atoms with Gasteiger partial charge >= 0.3 is 0 Å². The monoisotopic (exact) mass is 224 g/mol. The van der Waals surface area contributed by atoms with E-state index >= 15 is 0 Å². The first-order chi connectivity index (χ1) is 7.57. The van der Waals surface area contributed by atoms with Crippen LogP contribution in [0.1, 0.15) is 40.0 Å². The van der Waals surface area contributed by atoms with Gasteiger partial charge in [0.2, 0.25) is 0 Å². The Hall–Kier alpha value is -0.0800. The number of nitrogens with zero attached hydrogens (tertiary/aromatic N) is 1. The van der Waals surface area contributed by atoms with E-state index < -0.39 is 0 Å². The maximum Gasteiger partial charge on any atom is 0.00365 e. The Bertz CT molecular complexity index is 211. The molecule has 16 heavy (non-hydrogen) atoms. The van der Waals surface area contributed by atoms with Crippen molar-refractivity contribution in [3.63, 3.8) is 0 Å². The topological polar surface area (TPSA) is 15.3 Å². The van der Waals surface area contributed by atoms with Gasteiger partial charge in [0.1, 0.15) is 0 Å². The summed E-state index contributed by atoms with van der Waals surface area (Å²) in [5.74, 6) is 1.79. The lowest BCUT2D eigenvalue weighted by atomic mass is 9.79. The third-order valence-corrected chi connectivity index (χ3v) is 4.36. The molecular weight excluding hydrogens is 196 g/mol. The Balaban J connectivity index is 1.87. The summed E-state index contributed by atoms with van der Waals surface area (Å²) in [4.78, 5) is 2.73. The van der Waals surface area contributed by atoms with E-state index in [-0.39, 0.29) is 0 Å². The minimum atomic E-state index is 0.571. The third kappa shape index (κ3) is 3.21. The molecule has 2 heteroatoms. The molecule has 1 N–H and O–H groups in total. The zero-order chi connectivity index (χ0) is 11.6. The smallest absolute Gasteiger partial charge is 0.00365 e. The first kappa shape index (κ1) is 12.4. The zero-order valence-corrected chi connectivity index (χ0v) is 11.3. The first-order valence-electron chi connectivity index (χ1n) is 7.00. The lowest BCUT2D eigenvalue weighted by Crippen LogP contribution is -2.47. The molecule has 0 spiro atoms. The molecule has 0 aromatic carbocycles. The first-order valence-corrected chi connectivity index (χ1v) is 7.00. The normalized spacial score (nSPS) is 36.2. The van der Waals surface area contributed by atoms with Crippen LogP contribution in [0, 0.1) is 17.3 Å². The summed E-state index contributed by atoms with van der Waals surface area (Å²) >= 11 is 0. The fourth-order valence-corrected chi connectivity index (χ4v) is 3.65. The summed E-state index contributed by atoms with van der Waals surface area (Å²) in [6.45, 7) is 13.7. The van der Waals surface area contributed by atoms with Gasteiger partial charge in [0.05, 0.1) is 0 Å². The summed E-state index contributed by atoms with van der Waals surface area (Å²) in [5, 5.41) is 3.48. The summed E-state index contributed by atoms with van der Waals surface area (Å²) < 4.78 is 0. The van der Waals surface area contributed by atoms with Crippen molar-refractivity contribution in [3.8, 4) is 0 Å². The van der Waals surface area contributed by atoms with E-state index in [1.54, 1.807) is 0 Å². The molecule has 2 saturated heterocycles. The number of hydrogen-bond donors (Lipinski definition) is 1. The minimum Gasteiger partial charge on any atom is -0.317 e. The quantitative estimate of drug-likeness (QED) is 0.774. The highest BCUT2D eigenvalue weighted by Crippen LogP contribution is 2.31. The molecule has 0 bridgehead atoms. The molecule has 2 fully saturated rings. The zero-order valence-electron chi connectivity index (χ0n) is 11.3. The molecule has 2 nitrogen and oxygen atoms in total. The Morgan fingerprint density at radius 2 is 1.69 bits per heavy atom. The van der Waals surface area contributed by atoms with E-state index in [0.29, 0.717) is 5.41 Å². The van der Waals surface area contributed by atoms with Gasteiger partial charge in [-0.2, -0.15) is 0 Å². The molecule has 0 aromatic heterocycles. The molecule has 2 heterocycles. The molecule has 0 saturated carbocycles. The fraction of sp³-hybridized carbons (Fsp3) is 1.00. The van der Waals surface area contributed by atoms with E-state index in [4.69, 9.17) is 0 Å². The maximum absolute atomic E-state index is 3.48. The van der Waals surface area contributed by atoms with Gasteiger partial charge in [-0.3, -0.25) is 0 Å². The lowest BCUT2D eigenvalue weighted by molar-refractivity contribution is 0.0732. The van der Waals surface area contributed by atoms with E-state index in [1.807, 2.05) is 0 Å². The van der Waals surface area contributed by atoms with Crippen molar-refractivity contribution < 1.29 is 0 Å². The van der Waals surface area contributed by atoms with E-state index in [2.05, 4.69) is 31.0 Å². The third-order valence-electron chi connectivity index (χ3n) is 4.36. The van der Waals surface area contributed by atoms with E-state index in [1.165, 1.54) is 52.0 Å². The highest BCUT2D eigenvalue weighted by molar-refractivity contribution is 4.86. The van der Waals surface area contributed by atoms with Crippen LogP contribution in [0.15, 0.2) is 0 Å². The van der Waals surface area contributed by atoms with E-state index in [9.17, 15) is 0 Å². The van der Waals surface area contributed by atoms with Gasteiger partial charge in [-0.1, -0.05) is 20.8 Å². The Labute approximate surface area is 101 Å². The summed E-state index contributed by atoms with van der Waals surface area (Å²) in [5.41, 5.74) is 0.571. The summed E-state index contributed by atoms with van der Waals surface area (Å²) in [7, 11) is 0. The molecule has 0 amide bonds. The molecule has 94 valence electrons. The van der Waals surface area contributed by atoms with Crippen molar-refractivity contribution in [2.45, 2.75) is 40.0 Å². The van der Waals surface area contributed by atoms with Gasteiger partial charge in [-0.05, 0) is 49.6 Å². The predicted molar refractivity (Wildman–Crippen MR) is 69.6 cm³/mol. The van der Waals surface area contributed by atoms with Crippen LogP contribution >= 0.6 is 0 Å². The molecule has 2 aliphatic rings. The molecule has 0 aliphatic carbocycles. The molecule has 0 radical (unpaired) electrons. The van der Waals surface area contributed by atoms with Crippen molar-refractivity contribution in [2.75, 3.05) is 32.7 Å². The van der Waals surface area contributed by atoms with Crippen LogP contribution in [0.5, 0.6) is 0 Å². The maximum atomic E-state index is 3.48. The van der Waals surface area contributed by atoms with E-state index in [0.717, 1.165) is 11.8 Å². The van der Waals surface area contributed by atoms with Gasteiger partial charge in [0.25, 0.3) is 0 Å². The standard InChI is InChI=1S/C14H28N2/c1-12-8-13(2)10-16(9-12)11-14(3)4-6-15-7-5-14/h12-13,15H,4-11H2,1-3H3. The van der Waals surface area contributed by atoms with Crippen LogP contribution in [0.3, 0.4) is 0 Å². The van der Waals surface area contributed by atoms with Crippen LogP contribution < -0.4 is 5.32 Å². The second kappa shape index (κ2) is 5.05. The molecule has 2 aliphatic heterocycles. The van der Waals surface area contributed by atoms with Gasteiger partial charge < -0.3 is 10.2 Å². The van der Waals surface area contributed by atoms with Crippen LogP contribution in [-0.4, -0.2) is 37.6 Å². The molecule has 2 unspecified atom stereocenters.